The predicted octanol–water partition coefficient (Wildman–Crippen LogP) is 2.47. The second-order valence-corrected chi connectivity index (χ2v) is 5.77. The number of hydrogen-bond donors (Lipinski definition) is 0. The highest BCUT2D eigenvalue weighted by Gasteiger charge is 2.21. The fourth-order valence-electron chi connectivity index (χ4n) is 2.16. The van der Waals surface area contributed by atoms with E-state index in [-0.39, 0.29) is 11.8 Å². The van der Waals surface area contributed by atoms with E-state index in [0.717, 1.165) is 17.7 Å². The molecule has 0 saturated carbocycles. The van der Waals surface area contributed by atoms with Crippen LogP contribution >= 0.6 is 11.3 Å². The van der Waals surface area contributed by atoms with E-state index < -0.39 is 0 Å². The fourth-order valence-corrected chi connectivity index (χ4v) is 3.41. The molecule has 1 unspecified atom stereocenters. The number of nitrogens with zero attached hydrogens (tertiary/aromatic N) is 2. The zero-order valence-corrected chi connectivity index (χ0v) is 11.0. The Morgan fingerprint density at radius 1 is 1.65 bits per heavy atom. The van der Waals surface area contributed by atoms with Crippen LogP contribution in [0.25, 0.3) is 0 Å². The summed E-state index contributed by atoms with van der Waals surface area (Å²) >= 11 is 1.62. The second kappa shape index (κ2) is 4.89. The van der Waals surface area contributed by atoms with E-state index in [1.54, 1.807) is 23.3 Å². The average Bonchev–Trinajstić information content (AvgIpc) is 2.87. The molecule has 3 nitrogen and oxygen atoms in total. The molecule has 0 aromatic carbocycles. The molecular formula is C13H16N2OS. The van der Waals surface area contributed by atoms with Gasteiger partial charge in [-0.05, 0) is 37.8 Å². The number of thiophene rings is 1. The van der Waals surface area contributed by atoms with Crippen LogP contribution in [0.3, 0.4) is 0 Å². The van der Waals surface area contributed by atoms with Gasteiger partial charge in [0.15, 0.2) is 0 Å². The smallest absolute Gasteiger partial charge is 0.263 e. The Bertz CT molecular complexity index is 451. The van der Waals surface area contributed by atoms with Crippen LogP contribution in [-0.2, 0) is 12.8 Å². The molecule has 1 amide bonds. The summed E-state index contributed by atoms with van der Waals surface area (Å²) in [4.78, 5) is 16.0. The average molecular weight is 248 g/mol. The molecule has 90 valence electrons. The van der Waals surface area contributed by atoms with E-state index >= 15 is 0 Å². The molecule has 2 rings (SSSR count). The van der Waals surface area contributed by atoms with Gasteiger partial charge < -0.3 is 4.90 Å². The molecule has 0 spiro atoms. The SMILES string of the molecule is CC(C#N)CN(C)C(=O)c1cc2c(s1)CCC2. The van der Waals surface area contributed by atoms with E-state index in [4.69, 9.17) is 5.26 Å². The summed E-state index contributed by atoms with van der Waals surface area (Å²) in [5.41, 5.74) is 1.35. The molecule has 1 atom stereocenters. The molecule has 0 bridgehead atoms. The van der Waals surface area contributed by atoms with Gasteiger partial charge in [0.1, 0.15) is 0 Å². The standard InChI is InChI=1S/C13H16N2OS/c1-9(7-14)8-15(2)13(16)12-6-10-4-3-5-11(10)17-12/h6,9H,3-5,8H2,1-2H3. The van der Waals surface area contributed by atoms with Gasteiger partial charge in [0, 0.05) is 18.5 Å². The number of rotatable bonds is 3. The predicted molar refractivity (Wildman–Crippen MR) is 68.1 cm³/mol. The van der Waals surface area contributed by atoms with Crippen molar-refractivity contribution in [2.45, 2.75) is 26.2 Å². The van der Waals surface area contributed by atoms with Crippen molar-refractivity contribution < 1.29 is 4.79 Å². The third-order valence-electron chi connectivity index (χ3n) is 3.07. The van der Waals surface area contributed by atoms with E-state index in [2.05, 4.69) is 6.07 Å². The first-order chi connectivity index (χ1) is 8.11. The molecule has 17 heavy (non-hydrogen) atoms. The maximum absolute atomic E-state index is 12.1. The molecule has 1 aromatic heterocycles. The van der Waals surface area contributed by atoms with E-state index in [1.165, 1.54) is 16.9 Å². The molecular weight excluding hydrogens is 232 g/mol. The minimum atomic E-state index is -0.115. The van der Waals surface area contributed by atoms with E-state index in [1.807, 2.05) is 13.0 Å². The number of carbonyl (C=O) groups excluding carboxylic acids is 1. The monoisotopic (exact) mass is 248 g/mol. The first-order valence-electron chi connectivity index (χ1n) is 5.88. The van der Waals surface area contributed by atoms with Gasteiger partial charge >= 0.3 is 0 Å². The number of nitriles is 1. The number of aryl methyl sites for hydroxylation is 2. The van der Waals surface area contributed by atoms with Crippen molar-refractivity contribution in [3.63, 3.8) is 0 Å². The molecule has 0 N–H and O–H groups in total. The molecule has 0 aliphatic heterocycles. The van der Waals surface area contributed by atoms with Crippen molar-refractivity contribution >= 4 is 17.2 Å². The first-order valence-corrected chi connectivity index (χ1v) is 6.70. The van der Waals surface area contributed by atoms with Gasteiger partial charge in [-0.2, -0.15) is 5.26 Å². The summed E-state index contributed by atoms with van der Waals surface area (Å²) in [6.45, 7) is 2.33. The van der Waals surface area contributed by atoms with Crippen LogP contribution in [0.2, 0.25) is 0 Å². The Morgan fingerprint density at radius 3 is 3.06 bits per heavy atom. The minimum absolute atomic E-state index is 0.0477. The molecule has 4 heteroatoms. The Hall–Kier alpha value is -1.34. The fraction of sp³-hybridized carbons (Fsp3) is 0.538. The Kier molecular flexibility index (Phi) is 3.49. The maximum atomic E-state index is 12.1. The lowest BCUT2D eigenvalue weighted by molar-refractivity contribution is 0.0790. The quantitative estimate of drug-likeness (QED) is 0.824. The second-order valence-electron chi connectivity index (χ2n) is 4.63. The maximum Gasteiger partial charge on any atom is 0.263 e. The number of amides is 1. The topological polar surface area (TPSA) is 44.1 Å². The molecule has 0 fully saturated rings. The van der Waals surface area contributed by atoms with Crippen molar-refractivity contribution in [3.8, 4) is 6.07 Å². The minimum Gasteiger partial charge on any atom is -0.340 e. The molecule has 1 heterocycles. The Labute approximate surface area is 106 Å². The Balaban J connectivity index is 2.06. The van der Waals surface area contributed by atoms with Crippen LogP contribution in [0.5, 0.6) is 0 Å². The summed E-state index contributed by atoms with van der Waals surface area (Å²) in [5.74, 6) is -0.0674. The van der Waals surface area contributed by atoms with Crippen molar-refractivity contribution in [3.05, 3.63) is 21.4 Å². The molecule has 1 aliphatic carbocycles. The van der Waals surface area contributed by atoms with Crippen LogP contribution in [-0.4, -0.2) is 24.4 Å². The van der Waals surface area contributed by atoms with Gasteiger partial charge in [-0.1, -0.05) is 0 Å². The van der Waals surface area contributed by atoms with Gasteiger partial charge in [0.2, 0.25) is 0 Å². The number of carbonyl (C=O) groups is 1. The number of hydrogen-bond acceptors (Lipinski definition) is 3. The third kappa shape index (κ3) is 2.50. The summed E-state index contributed by atoms with van der Waals surface area (Å²) in [7, 11) is 1.76. The Morgan fingerprint density at radius 2 is 2.41 bits per heavy atom. The lowest BCUT2D eigenvalue weighted by Gasteiger charge is -2.17. The zero-order valence-electron chi connectivity index (χ0n) is 10.2. The van der Waals surface area contributed by atoms with Gasteiger partial charge in [-0.15, -0.1) is 11.3 Å². The van der Waals surface area contributed by atoms with Gasteiger partial charge in [-0.3, -0.25) is 4.79 Å². The van der Waals surface area contributed by atoms with Crippen molar-refractivity contribution in [2.24, 2.45) is 5.92 Å². The van der Waals surface area contributed by atoms with Crippen molar-refractivity contribution in [1.29, 1.82) is 5.26 Å². The lowest BCUT2D eigenvalue weighted by Crippen LogP contribution is -2.30. The molecule has 0 radical (unpaired) electrons. The van der Waals surface area contributed by atoms with E-state index in [9.17, 15) is 4.79 Å². The van der Waals surface area contributed by atoms with Crippen molar-refractivity contribution in [2.75, 3.05) is 13.6 Å². The number of fused-ring (bicyclic) bond motifs is 1. The first kappa shape index (κ1) is 12.1. The molecule has 0 saturated heterocycles. The van der Waals surface area contributed by atoms with Crippen LogP contribution in [0.1, 0.15) is 33.5 Å². The van der Waals surface area contributed by atoms with Crippen LogP contribution in [0.4, 0.5) is 0 Å². The van der Waals surface area contributed by atoms with Gasteiger partial charge in [0.25, 0.3) is 5.91 Å². The summed E-state index contributed by atoms with van der Waals surface area (Å²) in [6.07, 6.45) is 3.44. The largest absolute Gasteiger partial charge is 0.340 e. The van der Waals surface area contributed by atoms with Gasteiger partial charge in [0.05, 0.1) is 16.9 Å². The van der Waals surface area contributed by atoms with Gasteiger partial charge in [-0.25, -0.2) is 0 Å². The zero-order chi connectivity index (χ0) is 12.4. The molecule has 1 aliphatic rings. The normalized spacial score (nSPS) is 15.1. The third-order valence-corrected chi connectivity index (χ3v) is 4.30. The summed E-state index contributed by atoms with van der Waals surface area (Å²) < 4.78 is 0. The highest BCUT2D eigenvalue weighted by Crippen LogP contribution is 2.31. The van der Waals surface area contributed by atoms with Crippen molar-refractivity contribution in [1.82, 2.24) is 4.90 Å². The lowest BCUT2D eigenvalue weighted by atomic mass is 10.2. The van der Waals surface area contributed by atoms with Crippen LogP contribution < -0.4 is 0 Å². The highest BCUT2D eigenvalue weighted by molar-refractivity contribution is 7.14. The van der Waals surface area contributed by atoms with E-state index in [0.29, 0.717) is 6.54 Å². The molecule has 1 aromatic rings. The van der Waals surface area contributed by atoms with Crippen LogP contribution in [0, 0.1) is 17.2 Å². The van der Waals surface area contributed by atoms with Crippen LogP contribution in [0.15, 0.2) is 6.07 Å². The highest BCUT2D eigenvalue weighted by atomic mass is 32.1. The summed E-state index contributed by atoms with van der Waals surface area (Å²) in [5, 5.41) is 8.75. The summed E-state index contributed by atoms with van der Waals surface area (Å²) in [6, 6.07) is 4.18.